The number of halogens is 1. The average molecular weight is 531 g/mol. The number of unbranched alkanes of at least 4 members (excludes halogenated alkanes) is 3. The van der Waals surface area contributed by atoms with Crippen LogP contribution in [0.1, 0.15) is 94.5 Å². The minimum absolute atomic E-state index is 0.0861. The second-order valence-corrected chi connectivity index (χ2v) is 8.74. The molecule has 8 nitrogen and oxygen atoms in total. The van der Waals surface area contributed by atoms with Gasteiger partial charge in [-0.1, -0.05) is 52.2 Å². The lowest BCUT2D eigenvalue weighted by atomic mass is 10.1. The third kappa shape index (κ3) is 10.3. The van der Waals surface area contributed by atoms with Crippen LogP contribution in [0, 0.1) is 5.82 Å². The fraction of sp³-hybridized carbons (Fsp3) is 0.448. The lowest BCUT2D eigenvalue weighted by Crippen LogP contribution is -2.16. The summed E-state index contributed by atoms with van der Waals surface area (Å²) < 4.78 is 34.9. The summed E-state index contributed by atoms with van der Waals surface area (Å²) >= 11 is 0. The minimum Gasteiger partial charge on any atom is -0.457 e. The number of carbonyl (C=O) groups is 4. The van der Waals surface area contributed by atoms with Gasteiger partial charge in [-0.2, -0.15) is 0 Å². The smallest absolute Gasteiger partial charge is 0.338 e. The Morgan fingerprint density at radius 3 is 1.58 bits per heavy atom. The van der Waals surface area contributed by atoms with Crippen LogP contribution in [0.15, 0.2) is 36.4 Å². The molecule has 0 radical (unpaired) electrons. The van der Waals surface area contributed by atoms with Crippen molar-refractivity contribution in [3.63, 3.8) is 0 Å². The maximum absolute atomic E-state index is 13.2. The summed E-state index contributed by atoms with van der Waals surface area (Å²) in [7, 11) is 0. The molecule has 2 aromatic carbocycles. The van der Waals surface area contributed by atoms with Gasteiger partial charge >= 0.3 is 23.9 Å². The highest BCUT2D eigenvalue weighted by Gasteiger charge is 2.25. The Balaban J connectivity index is 2.43. The highest BCUT2D eigenvalue weighted by atomic mass is 19.1. The fourth-order valence-electron chi connectivity index (χ4n) is 3.24. The van der Waals surface area contributed by atoms with Gasteiger partial charge in [-0.05, 0) is 49.1 Å². The molecule has 0 saturated carbocycles. The lowest BCUT2D eigenvalue weighted by Gasteiger charge is -2.16. The molecule has 0 heterocycles. The van der Waals surface area contributed by atoms with Crippen LogP contribution in [0.5, 0.6) is 17.2 Å². The zero-order valence-electron chi connectivity index (χ0n) is 22.2. The standard InChI is InChI=1S/C29H35FO8/c1-4-7-10-25(31)36-23-17-21(29(34)35-19-20-13-15-22(30)16-14-20)18-24(37-26(32)11-8-5-2)28(23)38-27(33)12-9-6-3/h13-18H,4-12,19H2,1-3H3. The number of ether oxygens (including phenoxy) is 4. The molecule has 2 aromatic rings. The summed E-state index contributed by atoms with van der Waals surface area (Å²) in [6.45, 7) is 5.60. The number of carbonyl (C=O) groups excluding carboxylic acids is 4. The molecule has 0 aliphatic heterocycles. The number of hydrogen-bond acceptors (Lipinski definition) is 8. The van der Waals surface area contributed by atoms with E-state index in [-0.39, 0.29) is 48.7 Å². The quantitative estimate of drug-likeness (QED) is 0.191. The van der Waals surface area contributed by atoms with E-state index in [1.54, 1.807) is 0 Å². The van der Waals surface area contributed by atoms with Crippen molar-refractivity contribution in [1.82, 2.24) is 0 Å². The molecule has 0 spiro atoms. The Labute approximate surface area is 222 Å². The number of hydrogen-bond donors (Lipinski definition) is 0. The molecule has 0 unspecified atom stereocenters. The lowest BCUT2D eigenvalue weighted by molar-refractivity contribution is -0.138. The monoisotopic (exact) mass is 530 g/mol. The summed E-state index contributed by atoms with van der Waals surface area (Å²) in [5.74, 6) is -3.75. The van der Waals surface area contributed by atoms with Gasteiger partial charge in [0.25, 0.3) is 0 Å². The van der Waals surface area contributed by atoms with Gasteiger partial charge in [0, 0.05) is 19.3 Å². The molecule has 9 heteroatoms. The van der Waals surface area contributed by atoms with Crippen LogP contribution >= 0.6 is 0 Å². The molecule has 0 aromatic heterocycles. The molecule has 0 N–H and O–H groups in total. The first kappa shape index (κ1) is 30.5. The van der Waals surface area contributed by atoms with Crippen molar-refractivity contribution in [2.24, 2.45) is 0 Å². The largest absolute Gasteiger partial charge is 0.457 e. The average Bonchev–Trinajstić information content (AvgIpc) is 2.90. The van der Waals surface area contributed by atoms with E-state index < -0.39 is 29.7 Å². The first-order valence-electron chi connectivity index (χ1n) is 13.0. The van der Waals surface area contributed by atoms with Crippen molar-refractivity contribution < 1.29 is 42.5 Å². The first-order valence-corrected chi connectivity index (χ1v) is 13.0. The molecule has 0 bridgehead atoms. The van der Waals surface area contributed by atoms with Crippen LogP contribution in [0.4, 0.5) is 4.39 Å². The molecule has 0 aliphatic rings. The van der Waals surface area contributed by atoms with Crippen LogP contribution in [0.3, 0.4) is 0 Å². The Morgan fingerprint density at radius 1 is 0.684 bits per heavy atom. The Kier molecular flexibility index (Phi) is 13.0. The summed E-state index contributed by atoms with van der Waals surface area (Å²) in [6.07, 6.45) is 4.29. The van der Waals surface area contributed by atoms with Crippen LogP contribution < -0.4 is 14.2 Å². The molecule has 0 aliphatic carbocycles. The van der Waals surface area contributed by atoms with E-state index in [4.69, 9.17) is 18.9 Å². The molecule has 2 rings (SSSR count). The van der Waals surface area contributed by atoms with Gasteiger partial charge in [-0.25, -0.2) is 9.18 Å². The van der Waals surface area contributed by atoms with E-state index in [2.05, 4.69) is 0 Å². The summed E-state index contributed by atoms with van der Waals surface area (Å²) in [5.41, 5.74) is 0.468. The number of rotatable bonds is 15. The van der Waals surface area contributed by atoms with E-state index in [1.165, 1.54) is 36.4 Å². The van der Waals surface area contributed by atoms with Gasteiger partial charge < -0.3 is 18.9 Å². The van der Waals surface area contributed by atoms with Gasteiger partial charge in [0.1, 0.15) is 12.4 Å². The third-order valence-electron chi connectivity index (χ3n) is 5.41. The highest BCUT2D eigenvalue weighted by molar-refractivity contribution is 5.92. The Bertz CT molecular complexity index is 1050. The van der Waals surface area contributed by atoms with Gasteiger partial charge in [0.15, 0.2) is 11.5 Å². The van der Waals surface area contributed by atoms with Crippen molar-refractivity contribution >= 4 is 23.9 Å². The molecule has 38 heavy (non-hydrogen) atoms. The molecule has 0 amide bonds. The molecule has 206 valence electrons. The minimum atomic E-state index is -0.810. The molecule has 0 fully saturated rings. The second-order valence-electron chi connectivity index (χ2n) is 8.74. The SMILES string of the molecule is CCCCC(=O)Oc1cc(C(=O)OCc2ccc(F)cc2)cc(OC(=O)CCCC)c1OC(=O)CCCC. The second kappa shape index (κ2) is 16.2. The van der Waals surface area contributed by atoms with Crippen molar-refractivity contribution in [3.8, 4) is 17.2 Å². The molecular formula is C29H35FO8. The van der Waals surface area contributed by atoms with Gasteiger partial charge in [-0.15, -0.1) is 0 Å². The number of benzene rings is 2. The van der Waals surface area contributed by atoms with Crippen molar-refractivity contribution in [1.29, 1.82) is 0 Å². The summed E-state index contributed by atoms with van der Waals surface area (Å²) in [4.78, 5) is 50.3. The topological polar surface area (TPSA) is 105 Å². The predicted molar refractivity (Wildman–Crippen MR) is 137 cm³/mol. The van der Waals surface area contributed by atoms with Crippen LogP contribution in [-0.4, -0.2) is 23.9 Å². The van der Waals surface area contributed by atoms with Crippen molar-refractivity contribution in [2.75, 3.05) is 0 Å². The fourth-order valence-corrected chi connectivity index (χ4v) is 3.24. The van der Waals surface area contributed by atoms with Gasteiger partial charge in [0.2, 0.25) is 5.75 Å². The zero-order chi connectivity index (χ0) is 27.9. The third-order valence-corrected chi connectivity index (χ3v) is 5.41. The molecule has 0 saturated heterocycles. The highest BCUT2D eigenvalue weighted by Crippen LogP contribution is 2.40. The number of esters is 4. The van der Waals surface area contributed by atoms with Gasteiger partial charge in [0.05, 0.1) is 5.56 Å². The van der Waals surface area contributed by atoms with Crippen LogP contribution in [0.25, 0.3) is 0 Å². The maximum Gasteiger partial charge on any atom is 0.338 e. The van der Waals surface area contributed by atoms with E-state index in [9.17, 15) is 23.6 Å². The van der Waals surface area contributed by atoms with Crippen molar-refractivity contribution in [3.05, 3.63) is 53.3 Å². The Morgan fingerprint density at radius 2 is 1.13 bits per heavy atom. The summed E-state index contributed by atoms with van der Waals surface area (Å²) in [6, 6.07) is 7.86. The Hall–Kier alpha value is -3.75. The van der Waals surface area contributed by atoms with E-state index in [1.807, 2.05) is 20.8 Å². The molecule has 0 atom stereocenters. The van der Waals surface area contributed by atoms with Crippen molar-refractivity contribution in [2.45, 2.75) is 85.2 Å². The van der Waals surface area contributed by atoms with E-state index >= 15 is 0 Å². The van der Waals surface area contributed by atoms with Crippen LogP contribution in [0.2, 0.25) is 0 Å². The van der Waals surface area contributed by atoms with Crippen LogP contribution in [-0.2, 0) is 25.7 Å². The van der Waals surface area contributed by atoms with E-state index in [0.717, 1.165) is 19.3 Å². The summed E-state index contributed by atoms with van der Waals surface area (Å²) in [5, 5.41) is 0. The predicted octanol–water partition coefficient (Wildman–Crippen LogP) is 6.47. The maximum atomic E-state index is 13.2. The normalized spacial score (nSPS) is 10.5. The van der Waals surface area contributed by atoms with Gasteiger partial charge in [-0.3, -0.25) is 14.4 Å². The van der Waals surface area contributed by atoms with E-state index in [0.29, 0.717) is 24.8 Å². The first-order chi connectivity index (χ1) is 18.3. The zero-order valence-corrected chi connectivity index (χ0v) is 22.2. The molecular weight excluding hydrogens is 495 g/mol.